The summed E-state index contributed by atoms with van der Waals surface area (Å²) in [6, 6.07) is 7.74. The van der Waals surface area contributed by atoms with Crippen molar-refractivity contribution in [3.63, 3.8) is 0 Å². The predicted octanol–water partition coefficient (Wildman–Crippen LogP) is 1.64. The number of rotatable bonds is 8. The number of esters is 1. The molecule has 0 unspecified atom stereocenters. The zero-order chi connectivity index (χ0) is 20.0. The summed E-state index contributed by atoms with van der Waals surface area (Å²) < 4.78 is 10.3. The zero-order valence-corrected chi connectivity index (χ0v) is 16.4. The van der Waals surface area contributed by atoms with Gasteiger partial charge in [-0.2, -0.15) is 0 Å². The first-order valence-corrected chi connectivity index (χ1v) is 9.07. The number of ether oxygens (including phenoxy) is 2. The van der Waals surface area contributed by atoms with Crippen LogP contribution in [0, 0.1) is 0 Å². The molecule has 7 heteroatoms. The van der Waals surface area contributed by atoms with E-state index in [1.807, 2.05) is 12.1 Å². The molecule has 1 aliphatic carbocycles. The van der Waals surface area contributed by atoms with Crippen LogP contribution >= 0.6 is 0 Å². The van der Waals surface area contributed by atoms with Gasteiger partial charge in [0.2, 0.25) is 5.91 Å². The molecule has 148 valence electrons. The molecule has 0 aromatic heterocycles. The topological polar surface area (TPSA) is 84.9 Å². The molecule has 0 spiro atoms. The van der Waals surface area contributed by atoms with E-state index in [1.54, 1.807) is 12.1 Å². The normalized spacial score (nSPS) is 13.6. The number of likely N-dealkylation sites (N-methyl/N-ethyl adjacent to an activating group) is 1. The third-order valence-corrected chi connectivity index (χ3v) is 4.18. The Hall–Kier alpha value is -2.57. The largest absolute Gasteiger partial charge is 0.482 e. The van der Waals surface area contributed by atoms with Gasteiger partial charge in [0.25, 0.3) is 5.91 Å². The van der Waals surface area contributed by atoms with Gasteiger partial charge < -0.3 is 19.7 Å². The molecule has 27 heavy (non-hydrogen) atoms. The highest BCUT2D eigenvalue weighted by Gasteiger charge is 2.24. The lowest BCUT2D eigenvalue weighted by atomic mass is 9.87. The summed E-state index contributed by atoms with van der Waals surface area (Å²) in [7, 11) is 1.50. The lowest BCUT2D eigenvalue weighted by molar-refractivity contribution is -0.153. The van der Waals surface area contributed by atoms with Gasteiger partial charge in [-0.15, -0.1) is 0 Å². The number of hydrogen-bond acceptors (Lipinski definition) is 5. The van der Waals surface area contributed by atoms with E-state index in [1.165, 1.54) is 11.9 Å². The first kappa shape index (κ1) is 20.7. The Kier molecular flexibility index (Phi) is 6.82. The molecule has 1 aromatic rings. The van der Waals surface area contributed by atoms with Crippen LogP contribution in [0.2, 0.25) is 0 Å². The Labute approximate surface area is 160 Å². The molecule has 0 heterocycles. The number of nitrogens with one attached hydrogen (secondary N) is 1. The third-order valence-electron chi connectivity index (χ3n) is 4.18. The molecule has 0 atom stereocenters. The van der Waals surface area contributed by atoms with Crippen molar-refractivity contribution in [1.82, 2.24) is 10.2 Å². The van der Waals surface area contributed by atoms with Crippen molar-refractivity contribution in [3.05, 3.63) is 29.8 Å². The van der Waals surface area contributed by atoms with E-state index in [0.29, 0.717) is 5.75 Å². The van der Waals surface area contributed by atoms with Crippen LogP contribution < -0.4 is 10.1 Å². The smallest absolute Gasteiger partial charge is 0.344 e. The van der Waals surface area contributed by atoms with Gasteiger partial charge >= 0.3 is 5.97 Å². The summed E-state index contributed by atoms with van der Waals surface area (Å²) in [4.78, 5) is 36.6. The monoisotopic (exact) mass is 376 g/mol. The van der Waals surface area contributed by atoms with Crippen LogP contribution in [0.25, 0.3) is 0 Å². The van der Waals surface area contributed by atoms with E-state index in [4.69, 9.17) is 9.47 Å². The van der Waals surface area contributed by atoms with Crippen LogP contribution in [0.15, 0.2) is 24.3 Å². The van der Waals surface area contributed by atoms with Crippen LogP contribution in [0.4, 0.5) is 0 Å². The molecule has 1 fully saturated rings. The van der Waals surface area contributed by atoms with E-state index in [2.05, 4.69) is 26.1 Å². The quantitative estimate of drug-likeness (QED) is 0.697. The molecule has 0 radical (unpaired) electrons. The summed E-state index contributed by atoms with van der Waals surface area (Å²) >= 11 is 0. The average molecular weight is 376 g/mol. The summed E-state index contributed by atoms with van der Waals surface area (Å²) in [5, 5.41) is 2.80. The highest BCUT2D eigenvalue weighted by molar-refractivity contribution is 5.86. The zero-order valence-electron chi connectivity index (χ0n) is 16.4. The first-order chi connectivity index (χ1) is 12.6. The van der Waals surface area contributed by atoms with Gasteiger partial charge in [-0.05, 0) is 36.0 Å². The van der Waals surface area contributed by atoms with Crippen molar-refractivity contribution in [3.8, 4) is 5.75 Å². The number of carbonyl (C=O) groups excluding carboxylic acids is 3. The summed E-state index contributed by atoms with van der Waals surface area (Å²) in [6.07, 6.45) is 1.97. The van der Waals surface area contributed by atoms with Gasteiger partial charge in [0.1, 0.15) is 5.75 Å². The highest BCUT2D eigenvalue weighted by atomic mass is 16.6. The van der Waals surface area contributed by atoms with Gasteiger partial charge in [0, 0.05) is 13.1 Å². The van der Waals surface area contributed by atoms with E-state index in [9.17, 15) is 14.4 Å². The molecular formula is C20H28N2O5. The highest BCUT2D eigenvalue weighted by Crippen LogP contribution is 2.24. The standard InChI is InChI=1S/C20H28N2O5/c1-20(2,3)14-5-9-16(10-6-14)26-13-19(25)27-12-18(24)22(4)11-17(23)21-15-7-8-15/h5-6,9-10,15H,7-8,11-13H2,1-4H3,(H,21,23). The number of benzene rings is 1. The second-order valence-corrected chi connectivity index (χ2v) is 7.82. The first-order valence-electron chi connectivity index (χ1n) is 9.07. The van der Waals surface area contributed by atoms with Crippen molar-refractivity contribution in [1.29, 1.82) is 0 Å². The summed E-state index contributed by atoms with van der Waals surface area (Å²) in [5.41, 5.74) is 1.20. The Bertz CT molecular complexity index is 675. The van der Waals surface area contributed by atoms with Crippen LogP contribution in [0.5, 0.6) is 5.75 Å². The molecule has 0 aliphatic heterocycles. The fourth-order valence-corrected chi connectivity index (χ4v) is 2.29. The minimum atomic E-state index is -0.640. The van der Waals surface area contributed by atoms with Crippen molar-refractivity contribution in [2.45, 2.75) is 45.1 Å². The molecular weight excluding hydrogens is 348 g/mol. The third kappa shape index (κ3) is 7.29. The van der Waals surface area contributed by atoms with Crippen LogP contribution in [0.1, 0.15) is 39.2 Å². The van der Waals surface area contributed by atoms with Crippen molar-refractivity contribution < 1.29 is 23.9 Å². The number of carbonyl (C=O) groups is 3. The Balaban J connectivity index is 1.67. The lowest BCUT2D eigenvalue weighted by Gasteiger charge is -2.19. The fraction of sp³-hybridized carbons (Fsp3) is 0.550. The molecule has 2 rings (SSSR count). The SMILES string of the molecule is CN(CC(=O)NC1CC1)C(=O)COC(=O)COc1ccc(C(C)(C)C)cc1. The fourth-order valence-electron chi connectivity index (χ4n) is 2.29. The maximum atomic E-state index is 11.9. The van der Waals surface area contributed by atoms with Crippen molar-refractivity contribution >= 4 is 17.8 Å². The number of nitrogens with zero attached hydrogens (tertiary/aromatic N) is 1. The second-order valence-electron chi connectivity index (χ2n) is 7.82. The van der Waals surface area contributed by atoms with E-state index in [-0.39, 0.29) is 30.5 Å². The molecule has 1 aromatic carbocycles. The van der Waals surface area contributed by atoms with Crippen LogP contribution in [0.3, 0.4) is 0 Å². The van der Waals surface area contributed by atoms with Crippen LogP contribution in [-0.4, -0.2) is 55.5 Å². The maximum Gasteiger partial charge on any atom is 0.344 e. The van der Waals surface area contributed by atoms with Gasteiger partial charge in [-0.3, -0.25) is 9.59 Å². The molecule has 0 saturated heterocycles. The molecule has 1 saturated carbocycles. The maximum absolute atomic E-state index is 11.9. The molecule has 1 aliphatic rings. The summed E-state index contributed by atoms with van der Waals surface area (Å²) in [6.45, 7) is 5.59. The van der Waals surface area contributed by atoms with Crippen molar-refractivity contribution in [2.24, 2.45) is 0 Å². The van der Waals surface area contributed by atoms with Gasteiger partial charge in [0.05, 0.1) is 6.54 Å². The van der Waals surface area contributed by atoms with Crippen molar-refractivity contribution in [2.75, 3.05) is 26.8 Å². The van der Waals surface area contributed by atoms with E-state index < -0.39 is 18.5 Å². The molecule has 7 nitrogen and oxygen atoms in total. The van der Waals surface area contributed by atoms with E-state index in [0.717, 1.165) is 18.4 Å². The predicted molar refractivity (Wildman–Crippen MR) is 100 cm³/mol. The van der Waals surface area contributed by atoms with Gasteiger partial charge in [-0.25, -0.2) is 4.79 Å². The average Bonchev–Trinajstić information content (AvgIpc) is 3.41. The lowest BCUT2D eigenvalue weighted by Crippen LogP contribution is -2.40. The van der Waals surface area contributed by atoms with Crippen LogP contribution in [-0.2, 0) is 24.5 Å². The van der Waals surface area contributed by atoms with E-state index >= 15 is 0 Å². The number of hydrogen-bond donors (Lipinski definition) is 1. The molecule has 2 amide bonds. The molecule has 1 N–H and O–H groups in total. The second kappa shape index (κ2) is 8.88. The Morgan fingerprint density at radius 1 is 1.11 bits per heavy atom. The van der Waals surface area contributed by atoms with Gasteiger partial charge in [-0.1, -0.05) is 32.9 Å². The number of amides is 2. The minimum Gasteiger partial charge on any atom is -0.482 e. The van der Waals surface area contributed by atoms with Gasteiger partial charge in [0.15, 0.2) is 13.2 Å². The summed E-state index contributed by atoms with van der Waals surface area (Å²) in [5.74, 6) is -0.732. The minimum absolute atomic E-state index is 0.0411. The Morgan fingerprint density at radius 3 is 2.30 bits per heavy atom. The Morgan fingerprint density at radius 2 is 1.74 bits per heavy atom. The molecule has 0 bridgehead atoms.